The van der Waals surface area contributed by atoms with Crippen molar-refractivity contribution < 1.29 is 19.4 Å². The fourth-order valence-electron chi connectivity index (χ4n) is 3.68. The number of hydrogen-bond acceptors (Lipinski definition) is 4. The normalized spacial score (nSPS) is 17.7. The monoisotopic (exact) mass is 433 g/mol. The zero-order chi connectivity index (χ0) is 22.0. The average Bonchev–Trinajstić information content (AvgIpc) is 3.06. The summed E-state index contributed by atoms with van der Waals surface area (Å²) < 4.78 is 5.48. The number of carbonyl (C=O) groups is 2. The number of benzene rings is 3. The molecule has 1 amide bonds. The quantitative estimate of drug-likeness (QED) is 0.334. The highest BCUT2D eigenvalue weighted by molar-refractivity contribution is 6.51. The van der Waals surface area contributed by atoms with Gasteiger partial charge in [0.25, 0.3) is 11.7 Å². The number of nitrogens with zero attached hydrogens (tertiary/aromatic N) is 1. The number of rotatable bonds is 5. The Morgan fingerprint density at radius 2 is 1.61 bits per heavy atom. The fourth-order valence-corrected chi connectivity index (χ4v) is 3.81. The number of amides is 1. The van der Waals surface area contributed by atoms with Crippen LogP contribution in [0.15, 0.2) is 84.4 Å². The molecule has 1 aliphatic heterocycles. The van der Waals surface area contributed by atoms with Gasteiger partial charge < -0.3 is 9.84 Å². The molecule has 0 saturated carbocycles. The number of anilines is 1. The van der Waals surface area contributed by atoms with E-state index in [1.807, 2.05) is 13.0 Å². The number of ether oxygens (including phenoxy) is 1. The SMILES string of the molecule is CCOc1ccc(N2C(=O)C(=O)C(=C(O)c3ccccc3)[C@H]2c2ccc(Cl)cc2)cc1. The maximum absolute atomic E-state index is 13.1. The summed E-state index contributed by atoms with van der Waals surface area (Å²) in [5.41, 5.74) is 1.69. The van der Waals surface area contributed by atoms with E-state index in [9.17, 15) is 14.7 Å². The highest BCUT2D eigenvalue weighted by Gasteiger charge is 2.46. The summed E-state index contributed by atoms with van der Waals surface area (Å²) in [7, 11) is 0. The van der Waals surface area contributed by atoms with Crippen molar-refractivity contribution in [3.05, 3.63) is 101 Å². The first-order valence-electron chi connectivity index (χ1n) is 9.86. The van der Waals surface area contributed by atoms with Crippen molar-refractivity contribution >= 4 is 34.7 Å². The van der Waals surface area contributed by atoms with Crippen LogP contribution in [0, 0.1) is 0 Å². The van der Waals surface area contributed by atoms with Gasteiger partial charge in [-0.3, -0.25) is 14.5 Å². The number of ketones is 1. The molecule has 1 N–H and O–H groups in total. The topological polar surface area (TPSA) is 66.8 Å². The standard InChI is InChI=1S/C25H20ClNO4/c1-2-31-20-14-12-19(13-15-20)27-22(16-8-10-18(26)11-9-16)21(24(29)25(27)30)23(28)17-6-4-3-5-7-17/h3-15,22,28H,2H2,1H3/t22-/m1/s1. The van der Waals surface area contributed by atoms with Crippen LogP contribution >= 0.6 is 11.6 Å². The Labute approximate surface area is 185 Å². The van der Waals surface area contributed by atoms with Gasteiger partial charge in [-0.1, -0.05) is 54.1 Å². The van der Waals surface area contributed by atoms with E-state index < -0.39 is 17.7 Å². The van der Waals surface area contributed by atoms with Gasteiger partial charge >= 0.3 is 0 Å². The van der Waals surface area contributed by atoms with E-state index in [1.54, 1.807) is 72.8 Å². The molecule has 3 aromatic carbocycles. The van der Waals surface area contributed by atoms with E-state index in [-0.39, 0.29) is 11.3 Å². The first-order valence-corrected chi connectivity index (χ1v) is 10.2. The molecular formula is C25H20ClNO4. The fraction of sp³-hybridized carbons (Fsp3) is 0.120. The minimum absolute atomic E-state index is 0.0346. The first-order chi connectivity index (χ1) is 15.0. The smallest absolute Gasteiger partial charge is 0.300 e. The van der Waals surface area contributed by atoms with Gasteiger partial charge in [0.1, 0.15) is 11.5 Å². The summed E-state index contributed by atoms with van der Waals surface area (Å²) in [6, 6.07) is 21.7. The second-order valence-electron chi connectivity index (χ2n) is 7.01. The van der Waals surface area contributed by atoms with Gasteiger partial charge in [-0.15, -0.1) is 0 Å². The lowest BCUT2D eigenvalue weighted by Crippen LogP contribution is -2.29. The second-order valence-corrected chi connectivity index (χ2v) is 7.45. The molecule has 5 nitrogen and oxygen atoms in total. The molecule has 1 saturated heterocycles. The molecule has 0 aromatic heterocycles. The van der Waals surface area contributed by atoms with Crippen molar-refractivity contribution in [2.75, 3.05) is 11.5 Å². The van der Waals surface area contributed by atoms with Crippen molar-refractivity contribution in [3.63, 3.8) is 0 Å². The summed E-state index contributed by atoms with van der Waals surface area (Å²) >= 11 is 6.05. The van der Waals surface area contributed by atoms with Crippen LogP contribution in [-0.2, 0) is 9.59 Å². The third kappa shape index (κ3) is 3.92. The summed E-state index contributed by atoms with van der Waals surface area (Å²) in [4.78, 5) is 27.5. The second kappa shape index (κ2) is 8.66. The minimum Gasteiger partial charge on any atom is -0.507 e. The molecule has 0 bridgehead atoms. The Bertz CT molecular complexity index is 1140. The first kappa shape index (κ1) is 20.7. The zero-order valence-corrected chi connectivity index (χ0v) is 17.5. The molecular weight excluding hydrogens is 414 g/mol. The third-order valence-corrected chi connectivity index (χ3v) is 5.36. The number of hydrogen-bond donors (Lipinski definition) is 1. The highest BCUT2D eigenvalue weighted by Crippen LogP contribution is 2.42. The van der Waals surface area contributed by atoms with E-state index in [2.05, 4.69) is 0 Å². The van der Waals surface area contributed by atoms with Crippen LogP contribution in [0.3, 0.4) is 0 Å². The highest BCUT2D eigenvalue weighted by atomic mass is 35.5. The molecule has 6 heteroatoms. The maximum atomic E-state index is 13.1. The maximum Gasteiger partial charge on any atom is 0.300 e. The molecule has 1 heterocycles. The Hall–Kier alpha value is -3.57. The molecule has 1 aliphatic rings. The summed E-state index contributed by atoms with van der Waals surface area (Å²) in [6.45, 7) is 2.41. The van der Waals surface area contributed by atoms with Crippen LogP contribution in [0.1, 0.15) is 24.1 Å². The van der Waals surface area contributed by atoms with Crippen LogP contribution in [0.25, 0.3) is 5.76 Å². The van der Waals surface area contributed by atoms with E-state index in [0.29, 0.717) is 34.2 Å². The predicted octanol–water partition coefficient (Wildman–Crippen LogP) is 5.37. The lowest BCUT2D eigenvalue weighted by Gasteiger charge is -2.25. The molecule has 3 aromatic rings. The lowest BCUT2D eigenvalue weighted by molar-refractivity contribution is -0.132. The van der Waals surface area contributed by atoms with E-state index in [0.717, 1.165) is 0 Å². The molecule has 156 valence electrons. The lowest BCUT2D eigenvalue weighted by atomic mass is 9.95. The Balaban J connectivity index is 1.88. The van der Waals surface area contributed by atoms with Gasteiger partial charge in [-0.2, -0.15) is 0 Å². The van der Waals surface area contributed by atoms with Crippen LogP contribution in [-0.4, -0.2) is 23.4 Å². The summed E-state index contributed by atoms with van der Waals surface area (Å²) in [5, 5.41) is 11.5. The third-order valence-electron chi connectivity index (χ3n) is 5.10. The summed E-state index contributed by atoms with van der Waals surface area (Å²) in [6.07, 6.45) is 0. The van der Waals surface area contributed by atoms with Crippen LogP contribution < -0.4 is 9.64 Å². The molecule has 1 fully saturated rings. The zero-order valence-electron chi connectivity index (χ0n) is 16.8. The molecule has 1 atom stereocenters. The van der Waals surface area contributed by atoms with E-state index in [4.69, 9.17) is 16.3 Å². The van der Waals surface area contributed by atoms with Crippen molar-refractivity contribution in [1.82, 2.24) is 0 Å². The van der Waals surface area contributed by atoms with Crippen molar-refractivity contribution in [1.29, 1.82) is 0 Å². The molecule has 0 unspecified atom stereocenters. The van der Waals surface area contributed by atoms with Crippen molar-refractivity contribution in [3.8, 4) is 5.75 Å². The van der Waals surface area contributed by atoms with Gasteiger partial charge in [0.05, 0.1) is 18.2 Å². The Morgan fingerprint density at radius 1 is 0.968 bits per heavy atom. The predicted molar refractivity (Wildman–Crippen MR) is 120 cm³/mol. The van der Waals surface area contributed by atoms with Crippen LogP contribution in [0.5, 0.6) is 5.75 Å². The van der Waals surface area contributed by atoms with Gasteiger partial charge in [0.15, 0.2) is 0 Å². The number of carbonyl (C=O) groups excluding carboxylic acids is 2. The molecule has 0 spiro atoms. The largest absolute Gasteiger partial charge is 0.507 e. The number of Topliss-reactive ketones (excluding diaryl/α,β-unsaturated/α-hetero) is 1. The Morgan fingerprint density at radius 3 is 2.23 bits per heavy atom. The van der Waals surface area contributed by atoms with Crippen molar-refractivity contribution in [2.45, 2.75) is 13.0 Å². The molecule has 0 aliphatic carbocycles. The number of aliphatic hydroxyl groups excluding tert-OH is 1. The van der Waals surface area contributed by atoms with E-state index in [1.165, 1.54) is 4.90 Å². The van der Waals surface area contributed by atoms with E-state index >= 15 is 0 Å². The molecule has 31 heavy (non-hydrogen) atoms. The minimum atomic E-state index is -0.796. The molecule has 4 rings (SSSR count). The van der Waals surface area contributed by atoms with Crippen molar-refractivity contribution in [2.24, 2.45) is 0 Å². The van der Waals surface area contributed by atoms with Gasteiger partial charge in [0, 0.05) is 16.3 Å². The van der Waals surface area contributed by atoms with Gasteiger partial charge in [-0.05, 0) is 48.9 Å². The van der Waals surface area contributed by atoms with Gasteiger partial charge in [0.2, 0.25) is 0 Å². The average molecular weight is 434 g/mol. The van der Waals surface area contributed by atoms with Gasteiger partial charge in [-0.25, -0.2) is 0 Å². The van der Waals surface area contributed by atoms with Crippen LogP contribution in [0.4, 0.5) is 5.69 Å². The Kier molecular flexibility index (Phi) is 5.78. The van der Waals surface area contributed by atoms with Crippen LogP contribution in [0.2, 0.25) is 5.02 Å². The molecule has 0 radical (unpaired) electrons. The summed E-state index contributed by atoms with van der Waals surface area (Å²) in [5.74, 6) is -1.00. The number of halogens is 1. The number of aliphatic hydroxyl groups is 1.